The minimum atomic E-state index is -2.57. The molecule has 0 aromatic heterocycles. The van der Waals surface area contributed by atoms with E-state index in [9.17, 15) is 0 Å². The fraction of sp³-hybridized carbons (Fsp3) is 1.00. The summed E-state index contributed by atoms with van der Waals surface area (Å²) < 4.78 is 29.3. The van der Waals surface area contributed by atoms with Gasteiger partial charge < -0.3 is 22.8 Å². The monoisotopic (exact) mass is 348 g/mol. The van der Waals surface area contributed by atoms with Gasteiger partial charge in [-0.05, 0) is 39.0 Å². The van der Waals surface area contributed by atoms with Crippen LogP contribution in [0.1, 0.15) is 59.8 Å². The minimum absolute atomic E-state index is 0.179. The Labute approximate surface area is 143 Å². The van der Waals surface area contributed by atoms with Crippen LogP contribution in [0, 0.1) is 0 Å². The molecule has 1 heterocycles. The molecule has 2 unspecified atom stereocenters. The number of hydrogen-bond acceptors (Lipinski definition) is 5. The van der Waals surface area contributed by atoms with Crippen LogP contribution in [0.5, 0.6) is 0 Å². The first kappa shape index (κ1) is 21.1. The maximum atomic E-state index is 6.28. The molecule has 0 N–H and O–H groups in total. The van der Waals surface area contributed by atoms with E-state index >= 15 is 0 Å². The molecule has 23 heavy (non-hydrogen) atoms. The predicted molar refractivity (Wildman–Crippen MR) is 93.7 cm³/mol. The smallest absolute Gasteiger partial charge is 0.379 e. The fourth-order valence-electron chi connectivity index (χ4n) is 2.14. The molecule has 2 atom stereocenters. The van der Waals surface area contributed by atoms with Gasteiger partial charge in [-0.3, -0.25) is 0 Å². The van der Waals surface area contributed by atoms with Crippen LogP contribution in [0.3, 0.4) is 0 Å². The lowest BCUT2D eigenvalue weighted by molar-refractivity contribution is 0.0299. The van der Waals surface area contributed by atoms with Crippen molar-refractivity contribution in [3.05, 3.63) is 0 Å². The summed E-state index contributed by atoms with van der Waals surface area (Å²) in [5.41, 5.74) is 0. The van der Waals surface area contributed by atoms with Crippen molar-refractivity contribution in [3.63, 3.8) is 0 Å². The van der Waals surface area contributed by atoms with E-state index in [4.69, 9.17) is 22.8 Å². The van der Waals surface area contributed by atoms with E-state index < -0.39 is 8.80 Å². The summed E-state index contributed by atoms with van der Waals surface area (Å²) in [6.07, 6.45) is 5.50. The van der Waals surface area contributed by atoms with Gasteiger partial charge in [0.2, 0.25) is 0 Å². The topological polar surface area (TPSA) is 49.5 Å². The molecule has 5 nitrogen and oxygen atoms in total. The normalized spacial score (nSPS) is 19.0. The lowest BCUT2D eigenvalue weighted by atomic mass is 10.3. The van der Waals surface area contributed by atoms with Crippen LogP contribution in [0.25, 0.3) is 0 Å². The first-order valence-corrected chi connectivity index (χ1v) is 11.2. The van der Waals surface area contributed by atoms with Crippen molar-refractivity contribution in [3.8, 4) is 0 Å². The van der Waals surface area contributed by atoms with Crippen LogP contribution in [-0.2, 0) is 22.8 Å². The van der Waals surface area contributed by atoms with E-state index in [1.165, 1.54) is 0 Å². The van der Waals surface area contributed by atoms with Gasteiger partial charge in [-0.2, -0.15) is 0 Å². The molecule has 0 aromatic carbocycles. The van der Waals surface area contributed by atoms with Gasteiger partial charge in [-0.1, -0.05) is 20.8 Å². The zero-order valence-electron chi connectivity index (χ0n) is 15.5. The van der Waals surface area contributed by atoms with Gasteiger partial charge in [0.05, 0.1) is 13.2 Å². The van der Waals surface area contributed by atoms with E-state index in [1.54, 1.807) is 0 Å². The lowest BCUT2D eigenvalue weighted by Crippen LogP contribution is -2.48. The zero-order chi connectivity index (χ0) is 17.0. The van der Waals surface area contributed by atoms with Crippen molar-refractivity contribution < 1.29 is 22.8 Å². The maximum Gasteiger partial charge on any atom is 0.501 e. The summed E-state index contributed by atoms with van der Waals surface area (Å²) in [6.45, 7) is 12.3. The van der Waals surface area contributed by atoms with Gasteiger partial charge in [0.25, 0.3) is 0 Å². The van der Waals surface area contributed by atoms with Crippen LogP contribution in [0.4, 0.5) is 0 Å². The Morgan fingerprint density at radius 1 is 1.04 bits per heavy atom. The van der Waals surface area contributed by atoms with E-state index in [0.29, 0.717) is 19.3 Å². The highest BCUT2D eigenvalue weighted by Gasteiger charge is 2.41. The molecular formula is C17H36O5Si. The number of rotatable bonds is 16. The summed E-state index contributed by atoms with van der Waals surface area (Å²) in [7, 11) is -2.57. The molecule has 1 rings (SSSR count). The van der Waals surface area contributed by atoms with Crippen molar-refractivity contribution in [2.75, 3.05) is 33.0 Å². The van der Waals surface area contributed by atoms with Gasteiger partial charge in [0.15, 0.2) is 0 Å². The molecule has 0 amide bonds. The largest absolute Gasteiger partial charge is 0.501 e. The molecule has 6 heteroatoms. The lowest BCUT2D eigenvalue weighted by Gasteiger charge is -2.32. The average Bonchev–Trinajstić information content (AvgIpc) is 3.38. The third-order valence-electron chi connectivity index (χ3n) is 3.74. The number of hydrogen-bond donors (Lipinski definition) is 0. The maximum absolute atomic E-state index is 6.28. The molecule has 0 aliphatic carbocycles. The second-order valence-electron chi connectivity index (χ2n) is 6.20. The molecule has 138 valence electrons. The Hall–Kier alpha value is 0.0169. The summed E-state index contributed by atoms with van der Waals surface area (Å²) in [5, 5.41) is 0. The molecular weight excluding hydrogens is 312 g/mol. The van der Waals surface area contributed by atoms with E-state index in [1.807, 2.05) is 0 Å². The zero-order valence-corrected chi connectivity index (χ0v) is 16.5. The third-order valence-corrected chi connectivity index (χ3v) is 6.75. The molecule has 0 aromatic rings. The fourth-order valence-corrected chi connectivity index (χ4v) is 5.26. The van der Waals surface area contributed by atoms with Crippen molar-refractivity contribution in [1.82, 2.24) is 0 Å². The first-order valence-electron chi connectivity index (χ1n) is 9.30. The number of unbranched alkanes of at least 4 members (excludes halogenated alkanes) is 1. The summed E-state index contributed by atoms with van der Waals surface area (Å²) in [5.74, 6) is 0. The van der Waals surface area contributed by atoms with E-state index in [2.05, 4.69) is 27.7 Å². The Balaban J connectivity index is 2.40. The van der Waals surface area contributed by atoms with Gasteiger partial charge in [0, 0.05) is 32.0 Å². The molecule has 1 fully saturated rings. The number of ether oxygens (including phenoxy) is 2. The molecule has 0 radical (unpaired) electrons. The van der Waals surface area contributed by atoms with Crippen molar-refractivity contribution in [1.29, 1.82) is 0 Å². The van der Waals surface area contributed by atoms with Crippen LogP contribution in [0.2, 0.25) is 6.04 Å². The summed E-state index contributed by atoms with van der Waals surface area (Å²) >= 11 is 0. The van der Waals surface area contributed by atoms with Crippen molar-refractivity contribution in [2.45, 2.75) is 78.1 Å². The highest BCUT2D eigenvalue weighted by Crippen LogP contribution is 2.23. The van der Waals surface area contributed by atoms with Crippen LogP contribution in [-0.4, -0.2) is 54.0 Å². The molecule has 0 spiro atoms. The Bertz CT molecular complexity index is 278. The van der Waals surface area contributed by atoms with Crippen LogP contribution in [0.15, 0.2) is 0 Å². The van der Waals surface area contributed by atoms with Crippen molar-refractivity contribution in [2.24, 2.45) is 0 Å². The Morgan fingerprint density at radius 2 is 1.70 bits per heavy atom. The molecule has 0 bridgehead atoms. The van der Waals surface area contributed by atoms with Gasteiger partial charge in [-0.25, -0.2) is 0 Å². The van der Waals surface area contributed by atoms with Gasteiger partial charge in [0.1, 0.15) is 6.10 Å². The SMILES string of the molecule is CCCO[Si](CCCCOCC1CO1)(OCCC)OC(C)CC. The molecule has 0 saturated carbocycles. The first-order chi connectivity index (χ1) is 11.2. The Morgan fingerprint density at radius 3 is 2.22 bits per heavy atom. The standard InChI is InChI=1S/C17H36O5Si/c1-5-10-20-23(21-11-6-2,22-16(4)7-3)13-9-8-12-18-14-17-15-19-17/h16-17H,5-15H2,1-4H3. The third kappa shape index (κ3) is 9.79. The van der Waals surface area contributed by atoms with Crippen LogP contribution < -0.4 is 0 Å². The Kier molecular flexibility index (Phi) is 11.3. The number of epoxide rings is 1. The quantitative estimate of drug-likeness (QED) is 0.241. The minimum Gasteiger partial charge on any atom is -0.379 e. The van der Waals surface area contributed by atoms with E-state index in [-0.39, 0.29) is 6.10 Å². The van der Waals surface area contributed by atoms with Crippen molar-refractivity contribution >= 4 is 8.80 Å². The van der Waals surface area contributed by atoms with Gasteiger partial charge in [-0.15, -0.1) is 0 Å². The summed E-state index contributed by atoms with van der Waals surface area (Å²) in [4.78, 5) is 0. The molecule has 1 aliphatic rings. The highest BCUT2D eigenvalue weighted by atomic mass is 28.4. The summed E-state index contributed by atoms with van der Waals surface area (Å²) in [6, 6.07) is 0.876. The highest BCUT2D eigenvalue weighted by molar-refractivity contribution is 6.60. The molecule has 1 saturated heterocycles. The van der Waals surface area contributed by atoms with E-state index in [0.717, 1.165) is 58.0 Å². The molecule has 1 aliphatic heterocycles. The van der Waals surface area contributed by atoms with Gasteiger partial charge >= 0.3 is 8.80 Å². The average molecular weight is 349 g/mol. The second-order valence-corrected chi connectivity index (χ2v) is 8.88. The second kappa shape index (κ2) is 12.4. The van der Waals surface area contributed by atoms with Crippen LogP contribution >= 0.6 is 0 Å². The predicted octanol–water partition coefficient (Wildman–Crippen LogP) is 3.79.